The van der Waals surface area contributed by atoms with Gasteiger partial charge in [-0.3, -0.25) is 4.72 Å². The van der Waals surface area contributed by atoms with Gasteiger partial charge in [-0.15, -0.1) is 0 Å². The molecule has 0 heterocycles. The fraction of sp³-hybridized carbons (Fsp3) is 0. The fourth-order valence-corrected chi connectivity index (χ4v) is 3.56. The molecule has 20 heavy (non-hydrogen) atoms. The first-order valence-electron chi connectivity index (χ1n) is 5.32. The second-order valence-corrected chi connectivity index (χ2v) is 7.32. The average molecular weight is 396 g/mol. The minimum absolute atomic E-state index is 0.0963. The van der Waals surface area contributed by atoms with Crippen molar-refractivity contribution in [3.63, 3.8) is 0 Å². The topological polar surface area (TPSA) is 72.2 Å². The van der Waals surface area contributed by atoms with Crippen LogP contribution in [0.2, 0.25) is 10.0 Å². The first kappa shape index (κ1) is 15.4. The summed E-state index contributed by atoms with van der Waals surface area (Å²) in [4.78, 5) is -0.0963. The molecule has 0 aromatic heterocycles. The van der Waals surface area contributed by atoms with Gasteiger partial charge in [-0.1, -0.05) is 39.1 Å². The van der Waals surface area contributed by atoms with Crippen LogP contribution in [0.25, 0.3) is 0 Å². The summed E-state index contributed by atoms with van der Waals surface area (Å²) in [6.45, 7) is 0. The van der Waals surface area contributed by atoms with Gasteiger partial charge in [-0.2, -0.15) is 0 Å². The lowest BCUT2D eigenvalue weighted by Gasteiger charge is -2.12. The van der Waals surface area contributed by atoms with Gasteiger partial charge < -0.3 is 5.73 Å². The van der Waals surface area contributed by atoms with Gasteiger partial charge >= 0.3 is 0 Å². The van der Waals surface area contributed by atoms with Gasteiger partial charge in [-0.25, -0.2) is 8.42 Å². The van der Waals surface area contributed by atoms with Crippen molar-refractivity contribution in [2.45, 2.75) is 4.90 Å². The van der Waals surface area contributed by atoms with Crippen molar-refractivity contribution >= 4 is 60.5 Å². The highest BCUT2D eigenvalue weighted by atomic mass is 79.9. The summed E-state index contributed by atoms with van der Waals surface area (Å²) in [6, 6.07) is 9.06. The zero-order chi connectivity index (χ0) is 14.9. The molecule has 0 aliphatic heterocycles. The maximum Gasteiger partial charge on any atom is 0.264 e. The Bertz CT molecular complexity index is 766. The number of benzene rings is 2. The minimum Gasteiger partial charge on any atom is -0.398 e. The lowest BCUT2D eigenvalue weighted by Crippen LogP contribution is -2.15. The van der Waals surface area contributed by atoms with Crippen LogP contribution in [0, 0.1) is 0 Å². The van der Waals surface area contributed by atoms with Gasteiger partial charge in [0.05, 0.1) is 16.4 Å². The molecular formula is C12H9BrCl2N2O2S. The smallest absolute Gasteiger partial charge is 0.264 e. The molecule has 0 atom stereocenters. The van der Waals surface area contributed by atoms with Crippen LogP contribution in [0.5, 0.6) is 0 Å². The predicted octanol–water partition coefficient (Wildman–Crippen LogP) is 4.14. The molecule has 2 aromatic carbocycles. The molecule has 0 unspecified atom stereocenters. The molecule has 0 saturated heterocycles. The lowest BCUT2D eigenvalue weighted by atomic mass is 10.3. The average Bonchev–Trinajstić information content (AvgIpc) is 2.36. The SMILES string of the molecule is Nc1ccc(Cl)cc1S(=O)(=O)Nc1cc(Br)ccc1Cl. The Morgan fingerprint density at radius 1 is 1.10 bits per heavy atom. The van der Waals surface area contributed by atoms with Crippen molar-refractivity contribution in [1.29, 1.82) is 0 Å². The van der Waals surface area contributed by atoms with E-state index < -0.39 is 10.0 Å². The van der Waals surface area contributed by atoms with Gasteiger partial charge in [0.15, 0.2) is 0 Å². The Balaban J connectivity index is 2.46. The third-order valence-corrected chi connectivity index (χ3v) is 4.92. The van der Waals surface area contributed by atoms with Gasteiger partial charge in [0.2, 0.25) is 0 Å². The minimum atomic E-state index is -3.87. The van der Waals surface area contributed by atoms with E-state index in [2.05, 4.69) is 20.7 Å². The summed E-state index contributed by atoms with van der Waals surface area (Å²) in [5, 5.41) is 0.553. The highest BCUT2D eigenvalue weighted by Crippen LogP contribution is 2.30. The first-order chi connectivity index (χ1) is 9.29. The number of hydrogen-bond acceptors (Lipinski definition) is 3. The molecule has 4 nitrogen and oxygen atoms in total. The second kappa shape index (κ2) is 5.81. The summed E-state index contributed by atoms with van der Waals surface area (Å²) in [6.07, 6.45) is 0. The molecule has 3 N–H and O–H groups in total. The molecule has 2 aromatic rings. The molecule has 0 aliphatic carbocycles. The van der Waals surface area contributed by atoms with E-state index in [0.717, 1.165) is 0 Å². The van der Waals surface area contributed by atoms with Gasteiger partial charge in [-0.05, 0) is 36.4 Å². The molecule has 0 saturated carbocycles. The van der Waals surface area contributed by atoms with Crippen LogP contribution in [0.15, 0.2) is 45.8 Å². The highest BCUT2D eigenvalue weighted by molar-refractivity contribution is 9.10. The number of halogens is 3. The summed E-state index contributed by atoms with van der Waals surface area (Å²) < 4.78 is 27.7. The number of nitrogen functional groups attached to an aromatic ring is 1. The van der Waals surface area contributed by atoms with E-state index in [9.17, 15) is 8.42 Å². The zero-order valence-corrected chi connectivity index (χ0v) is 13.8. The van der Waals surface area contributed by atoms with Crippen LogP contribution in [0.3, 0.4) is 0 Å². The molecular weight excluding hydrogens is 387 g/mol. The van der Waals surface area contributed by atoms with Gasteiger partial charge in [0.1, 0.15) is 4.90 Å². The molecule has 8 heteroatoms. The largest absolute Gasteiger partial charge is 0.398 e. The highest BCUT2D eigenvalue weighted by Gasteiger charge is 2.19. The van der Waals surface area contributed by atoms with Crippen molar-refractivity contribution in [2.75, 3.05) is 10.5 Å². The molecule has 0 amide bonds. The number of nitrogens with one attached hydrogen (secondary N) is 1. The normalized spacial score (nSPS) is 11.3. The van der Waals surface area contributed by atoms with E-state index in [1.54, 1.807) is 18.2 Å². The maximum atomic E-state index is 12.3. The third kappa shape index (κ3) is 3.38. The summed E-state index contributed by atoms with van der Waals surface area (Å²) in [7, 11) is -3.87. The number of sulfonamides is 1. The Kier molecular flexibility index (Phi) is 4.49. The van der Waals surface area contributed by atoms with Crippen LogP contribution in [0.1, 0.15) is 0 Å². The summed E-state index contributed by atoms with van der Waals surface area (Å²) in [5.74, 6) is 0. The van der Waals surface area contributed by atoms with E-state index in [1.807, 2.05) is 0 Å². The van der Waals surface area contributed by atoms with Crippen LogP contribution in [-0.4, -0.2) is 8.42 Å². The van der Waals surface area contributed by atoms with Crippen LogP contribution >= 0.6 is 39.1 Å². The Hall–Kier alpha value is -0.950. The number of anilines is 2. The van der Waals surface area contributed by atoms with Gasteiger partial charge in [0, 0.05) is 9.50 Å². The van der Waals surface area contributed by atoms with Crippen molar-refractivity contribution in [3.05, 3.63) is 50.9 Å². The first-order valence-corrected chi connectivity index (χ1v) is 8.36. The van der Waals surface area contributed by atoms with Crippen LogP contribution in [0.4, 0.5) is 11.4 Å². The number of hydrogen-bond donors (Lipinski definition) is 2. The number of rotatable bonds is 3. The van der Waals surface area contributed by atoms with Crippen molar-refractivity contribution < 1.29 is 8.42 Å². The molecule has 0 spiro atoms. The molecule has 0 fully saturated rings. The van der Waals surface area contributed by atoms with Crippen molar-refractivity contribution in [1.82, 2.24) is 0 Å². The zero-order valence-electron chi connectivity index (χ0n) is 9.90. The second-order valence-electron chi connectivity index (χ2n) is 3.91. The maximum absolute atomic E-state index is 12.3. The third-order valence-electron chi connectivity index (χ3n) is 2.44. The Morgan fingerprint density at radius 2 is 1.80 bits per heavy atom. The summed E-state index contributed by atoms with van der Waals surface area (Å²) >= 11 is 15.0. The lowest BCUT2D eigenvalue weighted by molar-refractivity contribution is 0.601. The van der Waals surface area contributed by atoms with E-state index in [1.165, 1.54) is 18.2 Å². The molecule has 2 rings (SSSR count). The number of nitrogens with two attached hydrogens (primary N) is 1. The standard InChI is InChI=1S/C12H9BrCl2N2O2S/c13-7-1-3-9(15)11(5-7)17-20(18,19)12-6-8(14)2-4-10(12)16/h1-6,17H,16H2. The van der Waals surface area contributed by atoms with E-state index in [0.29, 0.717) is 4.47 Å². The quantitative estimate of drug-likeness (QED) is 0.767. The van der Waals surface area contributed by atoms with Crippen molar-refractivity contribution in [3.8, 4) is 0 Å². The van der Waals surface area contributed by atoms with E-state index in [-0.39, 0.29) is 26.3 Å². The van der Waals surface area contributed by atoms with E-state index >= 15 is 0 Å². The van der Waals surface area contributed by atoms with Crippen molar-refractivity contribution in [2.24, 2.45) is 0 Å². The molecule has 0 radical (unpaired) electrons. The molecule has 0 bridgehead atoms. The Labute approximate surface area is 135 Å². The van der Waals surface area contributed by atoms with Crippen LogP contribution < -0.4 is 10.5 Å². The summed E-state index contributed by atoms with van der Waals surface area (Å²) in [5.41, 5.74) is 6.03. The Morgan fingerprint density at radius 3 is 2.50 bits per heavy atom. The fourth-order valence-electron chi connectivity index (χ4n) is 1.52. The molecule has 106 valence electrons. The van der Waals surface area contributed by atoms with Gasteiger partial charge in [0.25, 0.3) is 10.0 Å². The monoisotopic (exact) mass is 394 g/mol. The van der Waals surface area contributed by atoms with E-state index in [4.69, 9.17) is 28.9 Å². The van der Waals surface area contributed by atoms with Crippen LogP contribution in [-0.2, 0) is 10.0 Å². The molecule has 0 aliphatic rings. The predicted molar refractivity (Wildman–Crippen MR) is 85.8 cm³/mol.